The molecule has 0 bridgehead atoms. The zero-order valence-electron chi connectivity index (χ0n) is 9.90. The number of rotatable bonds is 4. The average molecular weight is 243 g/mol. The van der Waals surface area contributed by atoms with E-state index in [1.807, 2.05) is 18.5 Å². The Morgan fingerprint density at radius 3 is 2.75 bits per heavy atom. The summed E-state index contributed by atoms with van der Waals surface area (Å²) in [6.07, 6.45) is 0. The second-order valence-corrected chi connectivity index (χ2v) is 5.11. The van der Waals surface area contributed by atoms with Gasteiger partial charge in [0.1, 0.15) is 18.9 Å². The lowest BCUT2D eigenvalue weighted by Gasteiger charge is -2.23. The normalized spacial score (nSPS) is 17.9. The van der Waals surface area contributed by atoms with Crippen molar-refractivity contribution in [2.75, 3.05) is 38.6 Å². The summed E-state index contributed by atoms with van der Waals surface area (Å²) in [7, 11) is 2.01. The van der Waals surface area contributed by atoms with Crippen molar-refractivity contribution in [1.29, 1.82) is 0 Å². The highest BCUT2D eigenvalue weighted by atomic mass is 32.2. The second-order valence-electron chi connectivity index (χ2n) is 4.05. The zero-order valence-corrected chi connectivity index (χ0v) is 10.7. The molecule has 1 aliphatic rings. The molecule has 1 N–H and O–H groups in total. The zero-order chi connectivity index (χ0) is 11.4. The van der Waals surface area contributed by atoms with Crippen LogP contribution < -0.4 is 4.90 Å². The van der Waals surface area contributed by atoms with E-state index in [1.54, 1.807) is 16.7 Å². The van der Waals surface area contributed by atoms with Crippen molar-refractivity contribution in [2.45, 2.75) is 12.1 Å². The average Bonchev–Trinajstić information content (AvgIpc) is 2.62. The minimum atomic E-state index is 0.906. The van der Waals surface area contributed by atoms with Crippen LogP contribution in [0.15, 0.2) is 5.16 Å². The second kappa shape index (κ2) is 5.65. The summed E-state index contributed by atoms with van der Waals surface area (Å²) in [5.41, 5.74) is 0. The van der Waals surface area contributed by atoms with Crippen molar-refractivity contribution in [3.63, 3.8) is 0 Å². The fourth-order valence-electron chi connectivity index (χ4n) is 1.71. The number of nitrogens with zero attached hydrogens (tertiary/aromatic N) is 3. The number of hydrogen-bond donors (Lipinski definition) is 1. The summed E-state index contributed by atoms with van der Waals surface area (Å²) in [5.74, 6) is 2.07. The van der Waals surface area contributed by atoms with E-state index >= 15 is 0 Å². The summed E-state index contributed by atoms with van der Waals surface area (Å²) in [6.45, 7) is 7.24. The molecule has 2 heterocycles. The van der Waals surface area contributed by atoms with Gasteiger partial charge in [-0.1, -0.05) is 11.8 Å². The Hall–Kier alpha value is -0.590. The summed E-state index contributed by atoms with van der Waals surface area (Å²) in [4.78, 5) is 1.64. The SMILES string of the molecule is Cc1nnc(SCC[NH+]2CCOCC2)n1C. The van der Waals surface area contributed by atoms with Crippen LogP contribution in [0.5, 0.6) is 0 Å². The van der Waals surface area contributed by atoms with Gasteiger partial charge in [0.2, 0.25) is 0 Å². The van der Waals surface area contributed by atoms with E-state index in [-0.39, 0.29) is 0 Å². The minimum Gasteiger partial charge on any atom is -0.370 e. The van der Waals surface area contributed by atoms with Gasteiger partial charge >= 0.3 is 0 Å². The molecule has 1 aliphatic heterocycles. The number of hydrogen-bond acceptors (Lipinski definition) is 4. The molecule has 1 saturated heterocycles. The number of nitrogens with one attached hydrogen (secondary N) is 1. The number of ether oxygens (including phenoxy) is 1. The lowest BCUT2D eigenvalue weighted by Crippen LogP contribution is -3.14. The monoisotopic (exact) mass is 243 g/mol. The number of morpholine rings is 1. The summed E-state index contributed by atoms with van der Waals surface area (Å²) >= 11 is 1.79. The van der Waals surface area contributed by atoms with Crippen LogP contribution in [0.2, 0.25) is 0 Å². The molecule has 1 fully saturated rings. The Kier molecular flexibility index (Phi) is 4.20. The van der Waals surface area contributed by atoms with Crippen LogP contribution in [0, 0.1) is 6.92 Å². The lowest BCUT2D eigenvalue weighted by molar-refractivity contribution is -0.905. The van der Waals surface area contributed by atoms with Gasteiger partial charge in [0, 0.05) is 7.05 Å². The smallest absolute Gasteiger partial charge is 0.191 e. The van der Waals surface area contributed by atoms with Crippen molar-refractivity contribution in [3.8, 4) is 0 Å². The third kappa shape index (κ3) is 2.96. The lowest BCUT2D eigenvalue weighted by atomic mass is 10.4. The van der Waals surface area contributed by atoms with E-state index < -0.39 is 0 Å². The predicted molar refractivity (Wildman–Crippen MR) is 62.8 cm³/mol. The van der Waals surface area contributed by atoms with E-state index in [2.05, 4.69) is 10.2 Å². The van der Waals surface area contributed by atoms with Crippen molar-refractivity contribution in [3.05, 3.63) is 5.82 Å². The van der Waals surface area contributed by atoms with Gasteiger partial charge < -0.3 is 14.2 Å². The first kappa shape index (κ1) is 11.9. The first-order valence-corrected chi connectivity index (χ1v) is 6.66. The van der Waals surface area contributed by atoms with Crippen LogP contribution in [0.25, 0.3) is 0 Å². The molecule has 0 aromatic carbocycles. The highest BCUT2D eigenvalue weighted by Crippen LogP contribution is 2.13. The molecule has 6 heteroatoms. The van der Waals surface area contributed by atoms with Crippen LogP contribution >= 0.6 is 11.8 Å². The standard InChI is InChI=1S/C10H18N4OS/c1-9-11-12-10(13(9)2)16-8-5-14-3-6-15-7-4-14/h3-8H2,1-2H3/p+1. The van der Waals surface area contributed by atoms with Gasteiger partial charge in [0.25, 0.3) is 0 Å². The molecule has 0 aliphatic carbocycles. The van der Waals surface area contributed by atoms with E-state index in [0.717, 1.165) is 43.0 Å². The van der Waals surface area contributed by atoms with Crippen LogP contribution in [0.4, 0.5) is 0 Å². The Morgan fingerprint density at radius 2 is 2.12 bits per heavy atom. The van der Waals surface area contributed by atoms with Crippen molar-refractivity contribution in [2.24, 2.45) is 7.05 Å². The van der Waals surface area contributed by atoms with Gasteiger partial charge in [-0.05, 0) is 6.92 Å². The van der Waals surface area contributed by atoms with Gasteiger partial charge in [-0.15, -0.1) is 10.2 Å². The fourth-order valence-corrected chi connectivity index (χ4v) is 2.71. The maximum atomic E-state index is 5.33. The quantitative estimate of drug-likeness (QED) is 0.698. The number of aryl methyl sites for hydroxylation is 1. The van der Waals surface area contributed by atoms with Crippen molar-refractivity contribution >= 4 is 11.8 Å². The maximum absolute atomic E-state index is 5.33. The minimum absolute atomic E-state index is 0.906. The van der Waals surface area contributed by atoms with Gasteiger partial charge in [0.15, 0.2) is 5.16 Å². The summed E-state index contributed by atoms with van der Waals surface area (Å²) < 4.78 is 7.37. The predicted octanol–water partition coefficient (Wildman–Crippen LogP) is -0.869. The highest BCUT2D eigenvalue weighted by molar-refractivity contribution is 7.99. The fraction of sp³-hybridized carbons (Fsp3) is 0.800. The van der Waals surface area contributed by atoms with Gasteiger partial charge in [-0.2, -0.15) is 0 Å². The van der Waals surface area contributed by atoms with Crippen molar-refractivity contribution in [1.82, 2.24) is 14.8 Å². The molecule has 0 amide bonds. The largest absolute Gasteiger partial charge is 0.370 e. The number of quaternary nitrogens is 1. The molecule has 0 atom stereocenters. The van der Waals surface area contributed by atoms with Gasteiger partial charge in [-0.25, -0.2) is 0 Å². The Morgan fingerprint density at radius 1 is 1.38 bits per heavy atom. The van der Waals surface area contributed by atoms with E-state index in [0.29, 0.717) is 0 Å². The van der Waals surface area contributed by atoms with Crippen LogP contribution in [0.1, 0.15) is 5.82 Å². The number of aromatic nitrogens is 3. The molecule has 90 valence electrons. The molecule has 5 nitrogen and oxygen atoms in total. The van der Waals surface area contributed by atoms with E-state index in [1.165, 1.54) is 6.54 Å². The Bertz CT molecular complexity index is 336. The molecular formula is C10H19N4OS+. The molecule has 0 saturated carbocycles. The highest BCUT2D eigenvalue weighted by Gasteiger charge is 2.14. The maximum Gasteiger partial charge on any atom is 0.191 e. The van der Waals surface area contributed by atoms with E-state index in [4.69, 9.17) is 4.74 Å². The van der Waals surface area contributed by atoms with Gasteiger partial charge in [-0.3, -0.25) is 0 Å². The van der Waals surface area contributed by atoms with Crippen molar-refractivity contribution < 1.29 is 9.64 Å². The first-order valence-electron chi connectivity index (χ1n) is 5.67. The van der Waals surface area contributed by atoms with Crippen LogP contribution in [-0.2, 0) is 11.8 Å². The van der Waals surface area contributed by atoms with Crippen LogP contribution in [-0.4, -0.2) is 53.4 Å². The Balaban J connectivity index is 1.73. The number of thioether (sulfide) groups is 1. The summed E-state index contributed by atoms with van der Waals surface area (Å²) in [5, 5.41) is 9.21. The molecule has 16 heavy (non-hydrogen) atoms. The molecule has 0 radical (unpaired) electrons. The molecular weight excluding hydrogens is 224 g/mol. The molecule has 1 aromatic rings. The molecule has 0 unspecified atom stereocenters. The molecule has 2 rings (SSSR count). The van der Waals surface area contributed by atoms with E-state index in [9.17, 15) is 0 Å². The van der Waals surface area contributed by atoms with Gasteiger partial charge in [0.05, 0.1) is 25.5 Å². The first-order chi connectivity index (χ1) is 7.77. The third-order valence-corrected chi connectivity index (χ3v) is 3.96. The molecule has 1 aromatic heterocycles. The summed E-state index contributed by atoms with van der Waals surface area (Å²) in [6, 6.07) is 0. The molecule has 0 spiro atoms. The Labute approximate surface area is 100 Å². The third-order valence-electron chi connectivity index (χ3n) is 2.94. The topological polar surface area (TPSA) is 44.4 Å². The van der Waals surface area contributed by atoms with Crippen LogP contribution in [0.3, 0.4) is 0 Å².